The first kappa shape index (κ1) is 13.7. The van der Waals surface area contributed by atoms with E-state index in [-0.39, 0.29) is 11.8 Å². The van der Waals surface area contributed by atoms with Gasteiger partial charge in [0, 0.05) is 10.9 Å². The Kier molecular flexibility index (Phi) is 2.83. The van der Waals surface area contributed by atoms with Crippen LogP contribution in [-0.2, 0) is 9.47 Å². The van der Waals surface area contributed by atoms with E-state index < -0.39 is 17.7 Å². The molecular formula is C16H17NO4. The third-order valence-corrected chi connectivity index (χ3v) is 3.37. The zero-order chi connectivity index (χ0) is 15.4. The summed E-state index contributed by atoms with van der Waals surface area (Å²) in [5.41, 5.74) is 1.06. The Bertz CT molecular complexity index is 751. The Hall–Kier alpha value is -2.30. The standard InChI is InChI=1S/C16H17NO4/c1-9-12-10-7-5-6-8-11(10)17(13(12)14(18)20-9)15(19)21-16(2,3)4/h5-9H,1-4H3. The van der Waals surface area contributed by atoms with Gasteiger partial charge >= 0.3 is 12.1 Å². The van der Waals surface area contributed by atoms with Gasteiger partial charge in [0.15, 0.2) is 0 Å². The summed E-state index contributed by atoms with van der Waals surface area (Å²) >= 11 is 0. The number of esters is 1. The van der Waals surface area contributed by atoms with E-state index in [2.05, 4.69) is 0 Å². The molecule has 0 amide bonds. The first-order chi connectivity index (χ1) is 9.79. The number of rotatable bonds is 0. The lowest BCUT2D eigenvalue weighted by atomic mass is 10.1. The third kappa shape index (κ3) is 2.09. The maximum Gasteiger partial charge on any atom is 0.419 e. The van der Waals surface area contributed by atoms with Crippen molar-refractivity contribution in [2.45, 2.75) is 39.4 Å². The SMILES string of the molecule is CC1OC(=O)c2c1c1ccccc1n2C(=O)OC(C)(C)C. The van der Waals surface area contributed by atoms with E-state index in [9.17, 15) is 9.59 Å². The summed E-state index contributed by atoms with van der Waals surface area (Å²) in [6, 6.07) is 7.39. The quantitative estimate of drug-likeness (QED) is 0.694. The van der Waals surface area contributed by atoms with Gasteiger partial charge in [-0.2, -0.15) is 0 Å². The van der Waals surface area contributed by atoms with Gasteiger partial charge in [0.1, 0.15) is 17.4 Å². The van der Waals surface area contributed by atoms with E-state index in [4.69, 9.17) is 9.47 Å². The molecule has 110 valence electrons. The number of cyclic esters (lactones) is 1. The zero-order valence-electron chi connectivity index (χ0n) is 12.5. The molecule has 1 atom stereocenters. The first-order valence-electron chi connectivity index (χ1n) is 6.87. The molecule has 0 bridgehead atoms. The fourth-order valence-corrected chi connectivity index (χ4v) is 2.65. The molecule has 1 aliphatic heterocycles. The molecule has 2 heterocycles. The summed E-state index contributed by atoms with van der Waals surface area (Å²) in [7, 11) is 0. The third-order valence-electron chi connectivity index (χ3n) is 3.37. The summed E-state index contributed by atoms with van der Waals surface area (Å²) in [5.74, 6) is -0.487. The van der Waals surface area contributed by atoms with Crippen LogP contribution in [0.2, 0.25) is 0 Å². The van der Waals surface area contributed by atoms with E-state index in [1.54, 1.807) is 33.8 Å². The van der Waals surface area contributed by atoms with E-state index >= 15 is 0 Å². The minimum absolute atomic E-state index is 0.276. The topological polar surface area (TPSA) is 57.5 Å². The predicted octanol–water partition coefficient (Wildman–Crippen LogP) is 3.66. The summed E-state index contributed by atoms with van der Waals surface area (Å²) in [6.45, 7) is 7.17. The number of carbonyl (C=O) groups is 2. The highest BCUT2D eigenvalue weighted by molar-refractivity contribution is 6.06. The van der Waals surface area contributed by atoms with E-state index in [0.29, 0.717) is 5.52 Å². The normalized spacial score (nSPS) is 17.7. The molecule has 0 fully saturated rings. The van der Waals surface area contributed by atoms with Crippen LogP contribution in [0.4, 0.5) is 4.79 Å². The van der Waals surface area contributed by atoms with Gasteiger partial charge in [-0.15, -0.1) is 0 Å². The van der Waals surface area contributed by atoms with Gasteiger partial charge in [0.2, 0.25) is 0 Å². The summed E-state index contributed by atoms with van der Waals surface area (Å²) in [4.78, 5) is 24.6. The molecule has 21 heavy (non-hydrogen) atoms. The Morgan fingerprint density at radius 2 is 1.95 bits per heavy atom. The van der Waals surface area contributed by atoms with E-state index in [0.717, 1.165) is 10.9 Å². The number of aromatic nitrogens is 1. The van der Waals surface area contributed by atoms with Crippen LogP contribution in [0.25, 0.3) is 10.9 Å². The number of hydrogen-bond donors (Lipinski definition) is 0. The second kappa shape index (κ2) is 4.35. The number of ether oxygens (including phenoxy) is 2. The first-order valence-corrected chi connectivity index (χ1v) is 6.87. The second-order valence-corrected chi connectivity index (χ2v) is 6.14. The second-order valence-electron chi connectivity index (χ2n) is 6.14. The molecule has 2 aromatic rings. The minimum Gasteiger partial charge on any atom is -0.453 e. The highest BCUT2D eigenvalue weighted by Crippen LogP contribution is 2.38. The Labute approximate surface area is 122 Å². The summed E-state index contributed by atoms with van der Waals surface area (Å²) in [5, 5.41) is 0.844. The van der Waals surface area contributed by atoms with Gasteiger partial charge < -0.3 is 9.47 Å². The van der Waals surface area contributed by atoms with Crippen molar-refractivity contribution in [3.63, 3.8) is 0 Å². The lowest BCUT2D eigenvalue weighted by Gasteiger charge is -2.20. The maximum atomic E-state index is 12.5. The zero-order valence-corrected chi connectivity index (χ0v) is 12.5. The van der Waals surface area contributed by atoms with Crippen molar-refractivity contribution >= 4 is 23.0 Å². The van der Waals surface area contributed by atoms with Gasteiger partial charge in [0.05, 0.1) is 5.52 Å². The predicted molar refractivity (Wildman–Crippen MR) is 77.4 cm³/mol. The fraction of sp³-hybridized carbons (Fsp3) is 0.375. The molecule has 1 aromatic carbocycles. The van der Waals surface area contributed by atoms with Gasteiger partial charge in [-0.3, -0.25) is 0 Å². The largest absolute Gasteiger partial charge is 0.453 e. The molecule has 1 aliphatic rings. The van der Waals surface area contributed by atoms with Crippen LogP contribution >= 0.6 is 0 Å². The highest BCUT2D eigenvalue weighted by Gasteiger charge is 2.38. The van der Waals surface area contributed by atoms with E-state index in [1.165, 1.54) is 4.57 Å². The van der Waals surface area contributed by atoms with Crippen LogP contribution in [0.5, 0.6) is 0 Å². The average molecular weight is 287 g/mol. The van der Waals surface area contributed by atoms with Crippen molar-refractivity contribution in [2.24, 2.45) is 0 Å². The minimum atomic E-state index is -0.635. The lowest BCUT2D eigenvalue weighted by Crippen LogP contribution is -2.28. The molecule has 0 N–H and O–H groups in total. The number of nitrogens with zero attached hydrogens (tertiary/aromatic N) is 1. The molecule has 0 saturated heterocycles. The average Bonchev–Trinajstić information content (AvgIpc) is 2.84. The van der Waals surface area contributed by atoms with Gasteiger partial charge in [-0.25, -0.2) is 14.2 Å². The van der Waals surface area contributed by atoms with Crippen molar-refractivity contribution in [1.82, 2.24) is 4.57 Å². The number of fused-ring (bicyclic) bond motifs is 3. The van der Waals surface area contributed by atoms with Crippen molar-refractivity contribution < 1.29 is 19.1 Å². The summed E-state index contributed by atoms with van der Waals surface area (Å²) in [6.07, 6.45) is -0.924. The molecule has 0 spiro atoms. The number of para-hydroxylation sites is 1. The monoisotopic (exact) mass is 287 g/mol. The van der Waals surface area contributed by atoms with Gasteiger partial charge in [-0.1, -0.05) is 18.2 Å². The van der Waals surface area contributed by atoms with Crippen molar-refractivity contribution in [3.05, 3.63) is 35.5 Å². The molecule has 5 nitrogen and oxygen atoms in total. The van der Waals surface area contributed by atoms with Crippen molar-refractivity contribution in [3.8, 4) is 0 Å². The van der Waals surface area contributed by atoms with Crippen molar-refractivity contribution in [2.75, 3.05) is 0 Å². The fourth-order valence-electron chi connectivity index (χ4n) is 2.65. The molecule has 0 aliphatic carbocycles. The van der Waals surface area contributed by atoms with Crippen LogP contribution in [0.3, 0.4) is 0 Å². The van der Waals surface area contributed by atoms with E-state index in [1.807, 2.05) is 18.2 Å². The number of benzene rings is 1. The van der Waals surface area contributed by atoms with Crippen LogP contribution in [-0.4, -0.2) is 22.2 Å². The van der Waals surface area contributed by atoms with Crippen LogP contribution in [0.1, 0.15) is 49.9 Å². The van der Waals surface area contributed by atoms with Crippen molar-refractivity contribution in [1.29, 1.82) is 0 Å². The Morgan fingerprint density at radius 3 is 2.62 bits per heavy atom. The Morgan fingerprint density at radius 1 is 1.29 bits per heavy atom. The van der Waals surface area contributed by atoms with Crippen LogP contribution in [0, 0.1) is 0 Å². The number of hydrogen-bond acceptors (Lipinski definition) is 4. The van der Waals surface area contributed by atoms with Gasteiger partial charge in [0.25, 0.3) is 0 Å². The summed E-state index contributed by atoms with van der Waals surface area (Å²) < 4.78 is 12.0. The lowest BCUT2D eigenvalue weighted by molar-refractivity contribution is 0.0391. The molecule has 1 unspecified atom stereocenters. The molecule has 1 aromatic heterocycles. The highest BCUT2D eigenvalue weighted by atomic mass is 16.6. The maximum absolute atomic E-state index is 12.5. The smallest absolute Gasteiger partial charge is 0.419 e. The molecule has 3 rings (SSSR count). The van der Waals surface area contributed by atoms with Crippen LogP contribution in [0.15, 0.2) is 24.3 Å². The van der Waals surface area contributed by atoms with Gasteiger partial charge in [-0.05, 0) is 33.8 Å². The number of carbonyl (C=O) groups excluding carboxylic acids is 2. The van der Waals surface area contributed by atoms with Crippen LogP contribution < -0.4 is 0 Å². The molecule has 0 saturated carbocycles. The Balaban J connectivity index is 2.26. The molecule has 5 heteroatoms. The molecular weight excluding hydrogens is 270 g/mol. The molecule has 0 radical (unpaired) electrons.